The molecule has 1 aliphatic rings. The number of cyclic esters (lactones) is 1. The third kappa shape index (κ3) is 16.4. The van der Waals surface area contributed by atoms with Crippen molar-refractivity contribution in [3.8, 4) is 0 Å². The second-order valence-electron chi connectivity index (χ2n) is 9.16. The lowest BCUT2D eigenvalue weighted by molar-refractivity contribution is -0.154. The Balaban J connectivity index is 1.67. The molecule has 1 aliphatic heterocycles. The number of unbranched alkanes of at least 4 members (excludes halogenated alkanes) is 18. The van der Waals surface area contributed by atoms with E-state index < -0.39 is 0 Å². The van der Waals surface area contributed by atoms with Crippen LogP contribution in [-0.2, 0) is 9.53 Å². The standard InChI is InChI=1S/C26H50O2/c1-2-3-4-5-6-7-8-9-10-11-12-13-14-15-16-17-18-19-20-22-25-23-21-24-26(27)28-25/h25H,2-24H2,1H3/t25-/m0/s1. The Kier molecular flexibility index (Phi) is 18.0. The summed E-state index contributed by atoms with van der Waals surface area (Å²) in [7, 11) is 0. The number of esters is 1. The first kappa shape index (κ1) is 25.5. The van der Waals surface area contributed by atoms with Gasteiger partial charge in [0.25, 0.3) is 0 Å². The van der Waals surface area contributed by atoms with E-state index >= 15 is 0 Å². The Bertz CT molecular complexity index is 339. The van der Waals surface area contributed by atoms with Gasteiger partial charge >= 0.3 is 5.97 Å². The minimum absolute atomic E-state index is 0.0223. The summed E-state index contributed by atoms with van der Waals surface area (Å²) in [6.45, 7) is 2.29. The minimum atomic E-state index is 0.0223. The van der Waals surface area contributed by atoms with E-state index in [0.29, 0.717) is 6.42 Å². The zero-order valence-electron chi connectivity index (χ0n) is 19.2. The van der Waals surface area contributed by atoms with Crippen molar-refractivity contribution in [1.82, 2.24) is 0 Å². The van der Waals surface area contributed by atoms with Gasteiger partial charge in [-0.05, 0) is 25.7 Å². The second kappa shape index (κ2) is 19.8. The van der Waals surface area contributed by atoms with Crippen LogP contribution in [0.15, 0.2) is 0 Å². The fourth-order valence-corrected chi connectivity index (χ4v) is 4.43. The Morgan fingerprint density at radius 3 is 1.43 bits per heavy atom. The fraction of sp³-hybridized carbons (Fsp3) is 0.962. The molecule has 0 bridgehead atoms. The topological polar surface area (TPSA) is 26.3 Å². The summed E-state index contributed by atoms with van der Waals surface area (Å²) in [5.74, 6) is 0.0223. The molecule has 1 saturated heterocycles. The van der Waals surface area contributed by atoms with Crippen LogP contribution in [0, 0.1) is 0 Å². The van der Waals surface area contributed by atoms with Crippen molar-refractivity contribution < 1.29 is 9.53 Å². The van der Waals surface area contributed by atoms with Gasteiger partial charge in [0.05, 0.1) is 0 Å². The quantitative estimate of drug-likeness (QED) is 0.152. The Morgan fingerprint density at radius 1 is 0.643 bits per heavy atom. The molecule has 0 N–H and O–H groups in total. The van der Waals surface area contributed by atoms with Crippen molar-refractivity contribution in [1.29, 1.82) is 0 Å². The zero-order valence-corrected chi connectivity index (χ0v) is 19.2. The maximum atomic E-state index is 11.3. The lowest BCUT2D eigenvalue weighted by atomic mass is 10.0. The molecule has 0 spiro atoms. The fourth-order valence-electron chi connectivity index (χ4n) is 4.43. The molecule has 0 aromatic heterocycles. The molecule has 1 atom stereocenters. The number of rotatable bonds is 20. The van der Waals surface area contributed by atoms with E-state index in [1.54, 1.807) is 0 Å². The van der Waals surface area contributed by atoms with Crippen LogP contribution >= 0.6 is 0 Å². The summed E-state index contributed by atoms with van der Waals surface area (Å²) < 4.78 is 5.38. The van der Waals surface area contributed by atoms with Gasteiger partial charge < -0.3 is 4.74 Å². The average Bonchev–Trinajstić information content (AvgIpc) is 2.70. The predicted octanol–water partition coefficient (Wildman–Crippen LogP) is 8.90. The molecule has 0 saturated carbocycles. The molecule has 166 valence electrons. The van der Waals surface area contributed by atoms with Crippen molar-refractivity contribution >= 4 is 5.97 Å². The van der Waals surface area contributed by atoms with E-state index in [1.807, 2.05) is 0 Å². The summed E-state index contributed by atoms with van der Waals surface area (Å²) in [6.07, 6.45) is 31.0. The Labute approximate surface area is 176 Å². The van der Waals surface area contributed by atoms with Crippen LogP contribution in [0.3, 0.4) is 0 Å². The van der Waals surface area contributed by atoms with Crippen LogP contribution < -0.4 is 0 Å². The van der Waals surface area contributed by atoms with Crippen LogP contribution in [0.2, 0.25) is 0 Å². The minimum Gasteiger partial charge on any atom is -0.462 e. The summed E-state index contributed by atoms with van der Waals surface area (Å²) in [5, 5.41) is 0. The second-order valence-corrected chi connectivity index (χ2v) is 9.16. The van der Waals surface area contributed by atoms with E-state index in [4.69, 9.17) is 4.74 Å². The predicted molar refractivity (Wildman–Crippen MR) is 122 cm³/mol. The first-order valence-corrected chi connectivity index (χ1v) is 13.0. The maximum Gasteiger partial charge on any atom is 0.306 e. The highest BCUT2D eigenvalue weighted by atomic mass is 16.5. The van der Waals surface area contributed by atoms with Crippen molar-refractivity contribution in [2.45, 2.75) is 161 Å². The number of carbonyl (C=O) groups is 1. The van der Waals surface area contributed by atoms with Crippen molar-refractivity contribution in [3.05, 3.63) is 0 Å². The summed E-state index contributed by atoms with van der Waals surface area (Å²) in [5.41, 5.74) is 0. The van der Waals surface area contributed by atoms with Crippen molar-refractivity contribution in [2.75, 3.05) is 0 Å². The lowest BCUT2D eigenvalue weighted by Crippen LogP contribution is -2.23. The Hall–Kier alpha value is -0.530. The smallest absolute Gasteiger partial charge is 0.306 e. The van der Waals surface area contributed by atoms with Gasteiger partial charge in [-0.15, -0.1) is 0 Å². The van der Waals surface area contributed by atoms with Gasteiger partial charge in [-0.3, -0.25) is 4.79 Å². The lowest BCUT2D eigenvalue weighted by Gasteiger charge is -2.21. The van der Waals surface area contributed by atoms with Crippen LogP contribution in [-0.4, -0.2) is 12.1 Å². The highest BCUT2D eigenvalue weighted by molar-refractivity contribution is 5.70. The number of hydrogen-bond donors (Lipinski definition) is 0. The third-order valence-electron chi connectivity index (χ3n) is 6.33. The van der Waals surface area contributed by atoms with Crippen LogP contribution in [0.5, 0.6) is 0 Å². The van der Waals surface area contributed by atoms with Gasteiger partial charge in [-0.1, -0.05) is 122 Å². The molecule has 1 heterocycles. The molecule has 0 aliphatic carbocycles. The molecule has 28 heavy (non-hydrogen) atoms. The summed E-state index contributed by atoms with van der Waals surface area (Å²) >= 11 is 0. The highest BCUT2D eigenvalue weighted by Crippen LogP contribution is 2.20. The molecule has 2 heteroatoms. The highest BCUT2D eigenvalue weighted by Gasteiger charge is 2.19. The van der Waals surface area contributed by atoms with Crippen LogP contribution in [0.4, 0.5) is 0 Å². The largest absolute Gasteiger partial charge is 0.462 e. The normalized spacial score (nSPS) is 17.0. The van der Waals surface area contributed by atoms with E-state index in [1.165, 1.54) is 122 Å². The molecule has 1 rings (SSSR count). The molecule has 0 aromatic carbocycles. The first-order valence-electron chi connectivity index (χ1n) is 13.0. The number of hydrogen-bond acceptors (Lipinski definition) is 2. The van der Waals surface area contributed by atoms with Gasteiger partial charge in [-0.2, -0.15) is 0 Å². The van der Waals surface area contributed by atoms with E-state index in [2.05, 4.69) is 6.92 Å². The zero-order chi connectivity index (χ0) is 20.1. The molecule has 2 nitrogen and oxygen atoms in total. The summed E-state index contributed by atoms with van der Waals surface area (Å²) in [4.78, 5) is 11.3. The van der Waals surface area contributed by atoms with E-state index in [0.717, 1.165) is 19.3 Å². The maximum absolute atomic E-state index is 11.3. The van der Waals surface area contributed by atoms with E-state index in [9.17, 15) is 4.79 Å². The SMILES string of the molecule is CCCCCCCCCCCCCCCCCCCCC[C@H]1CCCC(=O)O1. The molecule has 0 radical (unpaired) electrons. The molecular weight excluding hydrogens is 344 g/mol. The number of carbonyl (C=O) groups excluding carboxylic acids is 1. The average molecular weight is 395 g/mol. The summed E-state index contributed by atoms with van der Waals surface area (Å²) in [6, 6.07) is 0. The molecule has 0 unspecified atom stereocenters. The molecule has 1 fully saturated rings. The van der Waals surface area contributed by atoms with Gasteiger partial charge in [0, 0.05) is 6.42 Å². The van der Waals surface area contributed by atoms with Crippen LogP contribution in [0.1, 0.15) is 155 Å². The van der Waals surface area contributed by atoms with E-state index in [-0.39, 0.29) is 12.1 Å². The van der Waals surface area contributed by atoms with Gasteiger partial charge in [0.15, 0.2) is 0 Å². The molecule has 0 aromatic rings. The Morgan fingerprint density at radius 2 is 1.04 bits per heavy atom. The third-order valence-corrected chi connectivity index (χ3v) is 6.33. The van der Waals surface area contributed by atoms with Crippen molar-refractivity contribution in [2.24, 2.45) is 0 Å². The van der Waals surface area contributed by atoms with Gasteiger partial charge in [0.2, 0.25) is 0 Å². The number of ether oxygens (including phenoxy) is 1. The van der Waals surface area contributed by atoms with Gasteiger partial charge in [0.1, 0.15) is 6.10 Å². The monoisotopic (exact) mass is 394 g/mol. The van der Waals surface area contributed by atoms with Gasteiger partial charge in [-0.25, -0.2) is 0 Å². The van der Waals surface area contributed by atoms with Crippen LogP contribution in [0.25, 0.3) is 0 Å². The molecule has 0 amide bonds. The van der Waals surface area contributed by atoms with Crippen molar-refractivity contribution in [3.63, 3.8) is 0 Å². The first-order chi connectivity index (χ1) is 13.8. The molecular formula is C26H50O2.